The van der Waals surface area contributed by atoms with Gasteiger partial charge in [-0.05, 0) is 61.6 Å². The van der Waals surface area contributed by atoms with E-state index in [1.165, 1.54) is 6.20 Å². The van der Waals surface area contributed by atoms with E-state index in [0.29, 0.717) is 41.8 Å². The van der Waals surface area contributed by atoms with Crippen LogP contribution in [0.3, 0.4) is 0 Å². The van der Waals surface area contributed by atoms with Crippen molar-refractivity contribution >= 4 is 35.0 Å². The number of rotatable bonds is 11. The standard InChI is InChI=1S/C25H32N8O2/c1-4-8-28-23-19(15-30-25(33-23)29-11-7-18-5-9-27-10-6-18)24(35)32-21-13-20(31-22(34)14-26)16(2)12-17(21)3/h5-6,9-10,12-13,15H,4,7-8,11,14,26H2,1-3H3,(H,31,34)(H,32,35)(H2,28,29,30,33). The maximum absolute atomic E-state index is 13.2. The van der Waals surface area contributed by atoms with Crippen molar-refractivity contribution in [2.45, 2.75) is 33.6 Å². The third kappa shape index (κ3) is 7.21. The molecule has 0 aliphatic rings. The molecule has 0 radical (unpaired) electrons. The average molecular weight is 477 g/mol. The Hall–Kier alpha value is -4.05. The largest absolute Gasteiger partial charge is 0.369 e. The molecule has 2 aromatic heterocycles. The van der Waals surface area contributed by atoms with E-state index >= 15 is 0 Å². The summed E-state index contributed by atoms with van der Waals surface area (Å²) < 4.78 is 0. The minimum absolute atomic E-state index is 0.123. The van der Waals surface area contributed by atoms with Crippen molar-refractivity contribution < 1.29 is 9.59 Å². The molecule has 3 rings (SSSR count). The van der Waals surface area contributed by atoms with Crippen LogP contribution in [-0.4, -0.2) is 46.4 Å². The van der Waals surface area contributed by atoms with Crippen molar-refractivity contribution in [2.75, 3.05) is 40.9 Å². The third-order valence-electron chi connectivity index (χ3n) is 5.30. The van der Waals surface area contributed by atoms with Crippen molar-refractivity contribution in [3.8, 4) is 0 Å². The molecule has 1 aromatic carbocycles. The highest BCUT2D eigenvalue weighted by Crippen LogP contribution is 2.26. The van der Waals surface area contributed by atoms with Gasteiger partial charge in [0.2, 0.25) is 11.9 Å². The summed E-state index contributed by atoms with van der Waals surface area (Å²) in [6.45, 7) is 6.98. The predicted molar refractivity (Wildman–Crippen MR) is 139 cm³/mol. The van der Waals surface area contributed by atoms with Crippen molar-refractivity contribution in [3.05, 3.63) is 65.1 Å². The summed E-state index contributed by atoms with van der Waals surface area (Å²) in [4.78, 5) is 37.8. The summed E-state index contributed by atoms with van der Waals surface area (Å²) in [5.41, 5.74) is 9.80. The van der Waals surface area contributed by atoms with Crippen LogP contribution in [0.25, 0.3) is 0 Å². The van der Waals surface area contributed by atoms with Crippen molar-refractivity contribution in [3.63, 3.8) is 0 Å². The van der Waals surface area contributed by atoms with E-state index in [-0.39, 0.29) is 18.4 Å². The van der Waals surface area contributed by atoms with E-state index in [1.54, 1.807) is 18.5 Å². The summed E-state index contributed by atoms with van der Waals surface area (Å²) in [7, 11) is 0. The number of carbonyl (C=O) groups excluding carboxylic acids is 2. The molecular weight excluding hydrogens is 444 g/mol. The number of nitrogens with one attached hydrogen (secondary N) is 4. The van der Waals surface area contributed by atoms with Crippen molar-refractivity contribution in [2.24, 2.45) is 5.73 Å². The second kappa shape index (κ2) is 12.4. The zero-order chi connectivity index (χ0) is 25.2. The number of pyridine rings is 1. The fourth-order valence-corrected chi connectivity index (χ4v) is 3.39. The highest BCUT2D eigenvalue weighted by molar-refractivity contribution is 6.08. The molecule has 10 heteroatoms. The first-order valence-electron chi connectivity index (χ1n) is 11.6. The number of amides is 2. The molecule has 2 amide bonds. The fraction of sp³-hybridized carbons (Fsp3) is 0.320. The van der Waals surface area contributed by atoms with Gasteiger partial charge in [-0.3, -0.25) is 14.6 Å². The van der Waals surface area contributed by atoms with E-state index in [2.05, 4.69) is 36.2 Å². The Morgan fingerprint density at radius 2 is 1.69 bits per heavy atom. The van der Waals surface area contributed by atoms with Crippen molar-refractivity contribution in [1.82, 2.24) is 15.0 Å². The molecular formula is C25H32N8O2. The van der Waals surface area contributed by atoms with Gasteiger partial charge < -0.3 is 27.0 Å². The van der Waals surface area contributed by atoms with Crippen LogP contribution in [-0.2, 0) is 11.2 Å². The van der Waals surface area contributed by atoms with Gasteiger partial charge in [0.1, 0.15) is 11.4 Å². The van der Waals surface area contributed by atoms with E-state index < -0.39 is 0 Å². The smallest absolute Gasteiger partial charge is 0.261 e. The number of anilines is 4. The average Bonchev–Trinajstić information content (AvgIpc) is 2.86. The Bertz CT molecular complexity index is 1170. The minimum Gasteiger partial charge on any atom is -0.369 e. The Morgan fingerprint density at radius 3 is 2.37 bits per heavy atom. The SMILES string of the molecule is CCCNc1nc(NCCc2ccncc2)ncc1C(=O)Nc1cc(NC(=O)CN)c(C)cc1C. The van der Waals surface area contributed by atoms with Gasteiger partial charge in [-0.25, -0.2) is 4.98 Å². The zero-order valence-corrected chi connectivity index (χ0v) is 20.3. The molecule has 35 heavy (non-hydrogen) atoms. The second-order valence-corrected chi connectivity index (χ2v) is 8.10. The summed E-state index contributed by atoms with van der Waals surface area (Å²) in [5, 5.41) is 12.1. The van der Waals surface area contributed by atoms with E-state index in [9.17, 15) is 9.59 Å². The van der Waals surface area contributed by atoms with Crippen LogP contribution in [0.5, 0.6) is 0 Å². The lowest BCUT2D eigenvalue weighted by molar-refractivity contribution is -0.114. The second-order valence-electron chi connectivity index (χ2n) is 8.10. The van der Waals surface area contributed by atoms with E-state index in [0.717, 1.165) is 29.5 Å². The summed E-state index contributed by atoms with van der Waals surface area (Å²) >= 11 is 0. The Morgan fingerprint density at radius 1 is 0.971 bits per heavy atom. The number of nitrogens with two attached hydrogens (primary N) is 1. The maximum atomic E-state index is 13.2. The number of aryl methyl sites for hydroxylation is 2. The summed E-state index contributed by atoms with van der Waals surface area (Å²) in [6.07, 6.45) is 6.70. The Balaban J connectivity index is 1.76. The lowest BCUT2D eigenvalue weighted by Gasteiger charge is -2.16. The minimum atomic E-state index is -0.352. The van der Waals surface area contributed by atoms with Gasteiger partial charge >= 0.3 is 0 Å². The number of carbonyl (C=O) groups is 2. The molecule has 0 bridgehead atoms. The van der Waals surface area contributed by atoms with E-state index in [4.69, 9.17) is 5.73 Å². The van der Waals surface area contributed by atoms with Gasteiger partial charge in [-0.2, -0.15) is 4.98 Å². The zero-order valence-electron chi connectivity index (χ0n) is 20.3. The molecule has 0 aliphatic carbocycles. The van der Waals surface area contributed by atoms with Gasteiger partial charge in [-0.15, -0.1) is 0 Å². The number of benzene rings is 1. The van der Waals surface area contributed by atoms with Gasteiger partial charge in [-0.1, -0.05) is 13.0 Å². The Kier molecular flexibility index (Phi) is 9.08. The van der Waals surface area contributed by atoms with Crippen LogP contribution >= 0.6 is 0 Å². The highest BCUT2D eigenvalue weighted by Gasteiger charge is 2.17. The van der Waals surface area contributed by atoms with Gasteiger partial charge in [0.05, 0.1) is 6.54 Å². The highest BCUT2D eigenvalue weighted by atomic mass is 16.2. The molecule has 184 valence electrons. The molecule has 0 saturated heterocycles. The van der Waals surface area contributed by atoms with Gasteiger partial charge in [0.15, 0.2) is 0 Å². The van der Waals surface area contributed by atoms with Crippen LogP contribution < -0.4 is 27.0 Å². The normalized spacial score (nSPS) is 10.5. The van der Waals surface area contributed by atoms with Crippen LogP contribution in [0.1, 0.15) is 40.4 Å². The molecule has 0 spiro atoms. The number of nitrogens with zero attached hydrogens (tertiary/aromatic N) is 3. The van der Waals surface area contributed by atoms with Crippen molar-refractivity contribution in [1.29, 1.82) is 0 Å². The quantitative estimate of drug-likeness (QED) is 0.284. The molecule has 6 N–H and O–H groups in total. The van der Waals surface area contributed by atoms with Crippen LogP contribution in [0.15, 0.2) is 42.9 Å². The predicted octanol–water partition coefficient (Wildman–Crippen LogP) is 3.11. The monoisotopic (exact) mass is 476 g/mol. The van der Waals surface area contributed by atoms with Gasteiger partial charge in [0.25, 0.3) is 5.91 Å². The summed E-state index contributed by atoms with van der Waals surface area (Å²) in [5.74, 6) is 0.232. The fourth-order valence-electron chi connectivity index (χ4n) is 3.39. The molecule has 10 nitrogen and oxygen atoms in total. The topological polar surface area (TPSA) is 147 Å². The maximum Gasteiger partial charge on any atom is 0.261 e. The Labute approximate surface area is 205 Å². The third-order valence-corrected chi connectivity index (χ3v) is 5.30. The molecule has 0 saturated carbocycles. The number of hydrogen-bond acceptors (Lipinski definition) is 8. The lowest BCUT2D eigenvalue weighted by Crippen LogP contribution is -2.23. The molecule has 2 heterocycles. The van der Waals surface area contributed by atoms with Crippen LogP contribution in [0.4, 0.5) is 23.1 Å². The molecule has 0 aliphatic heterocycles. The first kappa shape index (κ1) is 25.6. The number of hydrogen-bond donors (Lipinski definition) is 5. The lowest BCUT2D eigenvalue weighted by atomic mass is 10.1. The molecule has 0 fully saturated rings. The van der Waals surface area contributed by atoms with Crippen LogP contribution in [0, 0.1) is 13.8 Å². The van der Waals surface area contributed by atoms with Crippen LogP contribution in [0.2, 0.25) is 0 Å². The van der Waals surface area contributed by atoms with E-state index in [1.807, 2.05) is 39.0 Å². The number of aromatic nitrogens is 3. The molecule has 3 aromatic rings. The first-order valence-corrected chi connectivity index (χ1v) is 11.6. The molecule has 0 unspecified atom stereocenters. The summed E-state index contributed by atoms with van der Waals surface area (Å²) in [6, 6.07) is 7.55. The first-order chi connectivity index (χ1) is 16.9. The van der Waals surface area contributed by atoms with Gasteiger partial charge in [0, 0.05) is 43.1 Å². The molecule has 0 atom stereocenters.